The number of anilines is 1. The summed E-state index contributed by atoms with van der Waals surface area (Å²) in [6.45, 7) is 5.73. The lowest BCUT2D eigenvalue weighted by Gasteiger charge is -2.23. The molecule has 1 amide bonds. The molecule has 23 heavy (non-hydrogen) atoms. The number of amides is 1. The first-order valence-electron chi connectivity index (χ1n) is 7.76. The van der Waals surface area contributed by atoms with Crippen molar-refractivity contribution in [2.24, 2.45) is 0 Å². The van der Waals surface area contributed by atoms with Gasteiger partial charge in [-0.3, -0.25) is 4.79 Å². The lowest BCUT2D eigenvalue weighted by Crippen LogP contribution is -2.30. The zero-order valence-corrected chi connectivity index (χ0v) is 14.0. The average molecular weight is 334 g/mol. The molecule has 0 aliphatic carbocycles. The summed E-state index contributed by atoms with van der Waals surface area (Å²) in [7, 11) is 0. The molecule has 0 bridgehead atoms. The van der Waals surface area contributed by atoms with E-state index in [0.717, 1.165) is 42.9 Å². The molecule has 0 spiro atoms. The van der Waals surface area contributed by atoms with Gasteiger partial charge in [0.25, 0.3) is 5.91 Å². The first-order valence-corrected chi connectivity index (χ1v) is 8.14. The number of benzene rings is 1. The van der Waals surface area contributed by atoms with Crippen LogP contribution in [0.3, 0.4) is 0 Å². The van der Waals surface area contributed by atoms with Gasteiger partial charge < -0.3 is 10.6 Å². The van der Waals surface area contributed by atoms with Crippen LogP contribution >= 0.6 is 11.6 Å². The van der Waals surface area contributed by atoms with Crippen molar-refractivity contribution in [3.8, 4) is 0 Å². The highest BCUT2D eigenvalue weighted by Crippen LogP contribution is 2.22. The number of aromatic nitrogens is 3. The van der Waals surface area contributed by atoms with Crippen molar-refractivity contribution in [3.63, 3.8) is 0 Å². The van der Waals surface area contributed by atoms with E-state index >= 15 is 0 Å². The first kappa shape index (κ1) is 16.0. The zero-order chi connectivity index (χ0) is 16.4. The number of nitrogens with zero attached hydrogens (tertiary/aromatic N) is 3. The van der Waals surface area contributed by atoms with Gasteiger partial charge in [-0.1, -0.05) is 16.8 Å². The van der Waals surface area contributed by atoms with Crippen LogP contribution in [0.25, 0.3) is 0 Å². The molecule has 122 valence electrons. The fourth-order valence-electron chi connectivity index (χ4n) is 2.90. The van der Waals surface area contributed by atoms with Crippen LogP contribution in [0, 0.1) is 13.8 Å². The third-order valence-electron chi connectivity index (χ3n) is 4.23. The summed E-state index contributed by atoms with van der Waals surface area (Å²) < 4.78 is 1.88. The molecule has 1 saturated heterocycles. The van der Waals surface area contributed by atoms with Gasteiger partial charge in [-0.05, 0) is 63.5 Å². The monoisotopic (exact) mass is 333 g/mol. The number of hydrogen-bond acceptors (Lipinski definition) is 4. The summed E-state index contributed by atoms with van der Waals surface area (Å²) >= 11 is 5.94. The molecular formula is C16H20ClN5O. The molecule has 2 N–H and O–H groups in total. The minimum Gasteiger partial charge on any atom is -0.320 e. The van der Waals surface area contributed by atoms with Crippen molar-refractivity contribution in [1.29, 1.82) is 0 Å². The maximum absolute atomic E-state index is 12.5. The highest BCUT2D eigenvalue weighted by molar-refractivity contribution is 6.30. The van der Waals surface area contributed by atoms with Gasteiger partial charge in [0.2, 0.25) is 0 Å². The Morgan fingerprint density at radius 1 is 1.35 bits per heavy atom. The van der Waals surface area contributed by atoms with Crippen LogP contribution in [0.5, 0.6) is 0 Å². The first-order chi connectivity index (χ1) is 11.1. The Morgan fingerprint density at radius 3 is 2.78 bits per heavy atom. The van der Waals surface area contributed by atoms with E-state index in [1.165, 1.54) is 0 Å². The van der Waals surface area contributed by atoms with E-state index in [4.69, 9.17) is 11.6 Å². The molecule has 2 aromatic rings. The van der Waals surface area contributed by atoms with Gasteiger partial charge in [0.1, 0.15) is 0 Å². The fraction of sp³-hybridized carbons (Fsp3) is 0.438. The Bertz CT molecular complexity index is 721. The average Bonchev–Trinajstić information content (AvgIpc) is 2.92. The van der Waals surface area contributed by atoms with Crippen LogP contribution < -0.4 is 10.6 Å². The molecule has 6 nitrogen and oxygen atoms in total. The summed E-state index contributed by atoms with van der Waals surface area (Å²) in [6, 6.07) is 5.67. The van der Waals surface area contributed by atoms with Crippen molar-refractivity contribution in [3.05, 3.63) is 40.2 Å². The lowest BCUT2D eigenvalue weighted by molar-refractivity contribution is 0.102. The van der Waals surface area contributed by atoms with Crippen LogP contribution in [-0.2, 0) is 0 Å². The molecule has 3 rings (SSSR count). The molecule has 1 aromatic carbocycles. The van der Waals surface area contributed by atoms with Gasteiger partial charge in [0, 0.05) is 10.7 Å². The van der Waals surface area contributed by atoms with E-state index in [9.17, 15) is 4.79 Å². The van der Waals surface area contributed by atoms with Gasteiger partial charge in [0.15, 0.2) is 5.69 Å². The van der Waals surface area contributed by atoms with E-state index in [-0.39, 0.29) is 5.91 Å². The van der Waals surface area contributed by atoms with Crippen LogP contribution in [0.2, 0.25) is 5.02 Å². The molecule has 7 heteroatoms. The number of carbonyl (C=O) groups is 1. The number of halogens is 1. The second kappa shape index (κ2) is 6.68. The van der Waals surface area contributed by atoms with Gasteiger partial charge >= 0.3 is 0 Å². The summed E-state index contributed by atoms with van der Waals surface area (Å²) in [4.78, 5) is 12.5. The van der Waals surface area contributed by atoms with Crippen LogP contribution in [0.1, 0.15) is 40.6 Å². The van der Waals surface area contributed by atoms with E-state index in [2.05, 4.69) is 20.9 Å². The molecule has 2 heterocycles. The Labute approximate surface area is 140 Å². The smallest absolute Gasteiger partial charge is 0.278 e. The molecule has 0 unspecified atom stereocenters. The molecule has 1 aliphatic rings. The minimum atomic E-state index is -0.242. The van der Waals surface area contributed by atoms with Crippen LogP contribution in [0.15, 0.2) is 18.2 Å². The second-order valence-electron chi connectivity index (χ2n) is 5.86. The molecule has 0 radical (unpaired) electrons. The van der Waals surface area contributed by atoms with Crippen molar-refractivity contribution >= 4 is 23.2 Å². The summed E-state index contributed by atoms with van der Waals surface area (Å²) in [6.07, 6.45) is 2.00. The summed E-state index contributed by atoms with van der Waals surface area (Å²) in [5.74, 6) is -0.242. The quantitative estimate of drug-likeness (QED) is 0.906. The van der Waals surface area contributed by atoms with Crippen molar-refractivity contribution in [1.82, 2.24) is 20.3 Å². The molecule has 1 aromatic heterocycles. The molecule has 1 aliphatic heterocycles. The maximum atomic E-state index is 12.5. The normalized spacial score (nSPS) is 15.6. The van der Waals surface area contributed by atoms with Gasteiger partial charge in [0.05, 0.1) is 11.7 Å². The highest BCUT2D eigenvalue weighted by atomic mass is 35.5. The van der Waals surface area contributed by atoms with Gasteiger partial charge in [-0.15, -0.1) is 5.10 Å². The van der Waals surface area contributed by atoms with Crippen molar-refractivity contribution in [2.45, 2.75) is 32.7 Å². The second-order valence-corrected chi connectivity index (χ2v) is 6.30. The standard InChI is InChI=1S/C16H20ClN5O/c1-10-9-12(17)3-4-14(10)19-16(23)15-11(2)22(21-20-15)13-5-7-18-8-6-13/h3-4,9,13,18H,5-8H2,1-2H3,(H,19,23). The van der Waals surface area contributed by atoms with E-state index in [1.54, 1.807) is 12.1 Å². The number of carbonyl (C=O) groups excluding carboxylic acids is 1. The molecule has 1 fully saturated rings. The number of hydrogen-bond donors (Lipinski definition) is 2. The third-order valence-corrected chi connectivity index (χ3v) is 4.47. The Morgan fingerprint density at radius 2 is 2.09 bits per heavy atom. The molecule has 0 atom stereocenters. The Balaban J connectivity index is 1.78. The van der Waals surface area contributed by atoms with E-state index in [1.807, 2.05) is 24.6 Å². The molecular weight excluding hydrogens is 314 g/mol. The topological polar surface area (TPSA) is 71.8 Å². The van der Waals surface area contributed by atoms with Gasteiger partial charge in [-0.25, -0.2) is 4.68 Å². The Kier molecular flexibility index (Phi) is 4.63. The number of nitrogens with one attached hydrogen (secondary N) is 2. The predicted octanol–water partition coefficient (Wildman–Crippen LogP) is 2.73. The zero-order valence-electron chi connectivity index (χ0n) is 13.3. The van der Waals surface area contributed by atoms with Crippen LogP contribution in [0.4, 0.5) is 5.69 Å². The minimum absolute atomic E-state index is 0.242. The number of rotatable bonds is 3. The summed E-state index contributed by atoms with van der Waals surface area (Å²) in [5.41, 5.74) is 2.82. The summed E-state index contributed by atoms with van der Waals surface area (Å²) in [5, 5.41) is 15.1. The number of aryl methyl sites for hydroxylation is 1. The van der Waals surface area contributed by atoms with E-state index < -0.39 is 0 Å². The van der Waals surface area contributed by atoms with E-state index in [0.29, 0.717) is 16.8 Å². The third kappa shape index (κ3) is 3.38. The lowest BCUT2D eigenvalue weighted by atomic mass is 10.1. The highest BCUT2D eigenvalue weighted by Gasteiger charge is 2.23. The van der Waals surface area contributed by atoms with Gasteiger partial charge in [-0.2, -0.15) is 0 Å². The van der Waals surface area contributed by atoms with Crippen LogP contribution in [-0.4, -0.2) is 34.0 Å². The van der Waals surface area contributed by atoms with Crippen molar-refractivity contribution < 1.29 is 4.79 Å². The SMILES string of the molecule is Cc1cc(Cl)ccc1NC(=O)c1nnn(C2CCNCC2)c1C. The maximum Gasteiger partial charge on any atom is 0.278 e. The Hall–Kier alpha value is -1.92. The number of piperidine rings is 1. The van der Waals surface area contributed by atoms with Crippen molar-refractivity contribution in [2.75, 3.05) is 18.4 Å². The largest absolute Gasteiger partial charge is 0.320 e. The molecule has 0 saturated carbocycles. The predicted molar refractivity (Wildman–Crippen MR) is 90.0 cm³/mol. The fourth-order valence-corrected chi connectivity index (χ4v) is 3.12.